The number of hydrogen-bond donors (Lipinski definition) is 0. The van der Waals surface area contributed by atoms with E-state index in [-0.39, 0.29) is 11.8 Å². The maximum Gasteiger partial charge on any atom is 0.348 e. The highest BCUT2D eigenvalue weighted by atomic mass is 32.1. The van der Waals surface area contributed by atoms with Gasteiger partial charge in [0.05, 0.1) is 12.2 Å². The first-order valence-electron chi connectivity index (χ1n) is 7.12. The number of nitrogens with zero attached hydrogens (tertiary/aromatic N) is 1. The fraction of sp³-hybridized carbons (Fsp3) is 0.600. The van der Waals surface area contributed by atoms with E-state index in [9.17, 15) is 9.59 Å². The largest absolute Gasteiger partial charge is 0.462 e. The number of anilines is 1. The van der Waals surface area contributed by atoms with Gasteiger partial charge in [-0.2, -0.15) is 0 Å². The van der Waals surface area contributed by atoms with E-state index in [0.29, 0.717) is 17.0 Å². The topological polar surface area (TPSA) is 46.6 Å². The Kier molecular flexibility index (Phi) is 4.81. The Morgan fingerprint density at radius 2 is 1.90 bits per heavy atom. The van der Waals surface area contributed by atoms with Crippen LogP contribution in [0.1, 0.15) is 58.7 Å². The van der Waals surface area contributed by atoms with Crippen molar-refractivity contribution in [1.29, 1.82) is 0 Å². The molecule has 0 aliphatic carbocycles. The van der Waals surface area contributed by atoms with Crippen molar-refractivity contribution in [3.05, 3.63) is 16.0 Å². The zero-order chi connectivity index (χ0) is 14.7. The SMILES string of the molecule is CCOC(=O)c1sc(N2CCCCC2)c(C(C)=O)c1C. The van der Waals surface area contributed by atoms with Gasteiger partial charge < -0.3 is 9.64 Å². The molecule has 1 aliphatic rings. The molecule has 0 spiro atoms. The molecular weight excluding hydrogens is 274 g/mol. The third-order valence-electron chi connectivity index (χ3n) is 3.58. The van der Waals surface area contributed by atoms with Crippen LogP contribution in [0.25, 0.3) is 0 Å². The van der Waals surface area contributed by atoms with Crippen LogP contribution in [-0.2, 0) is 4.74 Å². The summed E-state index contributed by atoms with van der Waals surface area (Å²) in [4.78, 5) is 26.8. The van der Waals surface area contributed by atoms with Crippen LogP contribution in [0.3, 0.4) is 0 Å². The lowest BCUT2D eigenvalue weighted by atomic mass is 10.1. The third-order valence-corrected chi connectivity index (χ3v) is 4.92. The number of rotatable bonds is 4. The summed E-state index contributed by atoms with van der Waals surface area (Å²) in [5.41, 5.74) is 1.46. The number of piperidine rings is 1. The number of thiophene rings is 1. The Hall–Kier alpha value is -1.36. The van der Waals surface area contributed by atoms with Gasteiger partial charge in [-0.1, -0.05) is 0 Å². The molecule has 0 unspecified atom stereocenters. The number of carbonyl (C=O) groups excluding carboxylic acids is 2. The van der Waals surface area contributed by atoms with Gasteiger partial charge in [-0.3, -0.25) is 4.79 Å². The number of carbonyl (C=O) groups is 2. The van der Waals surface area contributed by atoms with Gasteiger partial charge in [0.2, 0.25) is 0 Å². The summed E-state index contributed by atoms with van der Waals surface area (Å²) in [5, 5.41) is 0.942. The minimum Gasteiger partial charge on any atom is -0.462 e. The minimum atomic E-state index is -0.319. The van der Waals surface area contributed by atoms with Gasteiger partial charge in [-0.25, -0.2) is 4.79 Å². The predicted octanol–water partition coefficient (Wildman–Crippen LogP) is 3.43. The van der Waals surface area contributed by atoms with Gasteiger partial charge in [0.25, 0.3) is 0 Å². The Morgan fingerprint density at radius 1 is 1.25 bits per heavy atom. The van der Waals surface area contributed by atoms with E-state index in [1.165, 1.54) is 17.8 Å². The van der Waals surface area contributed by atoms with E-state index in [1.807, 2.05) is 6.92 Å². The first-order valence-corrected chi connectivity index (χ1v) is 7.94. The quantitative estimate of drug-likeness (QED) is 0.630. The number of hydrogen-bond acceptors (Lipinski definition) is 5. The molecule has 5 heteroatoms. The summed E-state index contributed by atoms with van der Waals surface area (Å²) in [5.74, 6) is -0.296. The van der Waals surface area contributed by atoms with Gasteiger partial charge in [-0.15, -0.1) is 11.3 Å². The average Bonchev–Trinajstić information content (AvgIpc) is 2.78. The summed E-state index contributed by atoms with van der Waals surface area (Å²) in [6, 6.07) is 0. The number of esters is 1. The molecule has 0 N–H and O–H groups in total. The van der Waals surface area contributed by atoms with Gasteiger partial charge in [0, 0.05) is 13.1 Å². The lowest BCUT2D eigenvalue weighted by Crippen LogP contribution is -2.29. The molecule has 1 saturated heterocycles. The Morgan fingerprint density at radius 3 is 2.45 bits per heavy atom. The second-order valence-corrected chi connectivity index (χ2v) is 6.06. The van der Waals surface area contributed by atoms with Crippen LogP contribution < -0.4 is 4.90 Å². The fourth-order valence-electron chi connectivity index (χ4n) is 2.62. The zero-order valence-corrected chi connectivity index (χ0v) is 13.1. The molecule has 1 fully saturated rings. The van der Waals surface area contributed by atoms with E-state index >= 15 is 0 Å². The molecule has 1 aromatic heterocycles. The standard InChI is InChI=1S/C15H21NO3S/c1-4-19-15(18)13-10(2)12(11(3)17)14(20-13)16-8-6-5-7-9-16/h4-9H2,1-3H3. The van der Waals surface area contributed by atoms with E-state index in [2.05, 4.69) is 4.90 Å². The van der Waals surface area contributed by atoms with Crippen LogP contribution in [0.15, 0.2) is 0 Å². The van der Waals surface area contributed by atoms with Crippen molar-refractivity contribution in [3.63, 3.8) is 0 Å². The Bertz CT molecular complexity index is 515. The monoisotopic (exact) mass is 295 g/mol. The Labute approximate surface area is 123 Å². The predicted molar refractivity (Wildman–Crippen MR) is 81.1 cm³/mol. The molecule has 0 amide bonds. The van der Waals surface area contributed by atoms with Crippen LogP contribution in [0.2, 0.25) is 0 Å². The molecule has 1 aliphatic heterocycles. The summed E-state index contributed by atoms with van der Waals surface area (Å²) in [6.45, 7) is 7.47. The van der Waals surface area contributed by atoms with Crippen molar-refractivity contribution in [2.45, 2.75) is 40.0 Å². The summed E-state index contributed by atoms with van der Waals surface area (Å²) >= 11 is 1.40. The van der Waals surface area contributed by atoms with Crippen molar-refractivity contribution >= 4 is 28.1 Å². The van der Waals surface area contributed by atoms with Crippen LogP contribution in [-0.4, -0.2) is 31.4 Å². The average molecular weight is 295 g/mol. The lowest BCUT2D eigenvalue weighted by Gasteiger charge is -2.28. The second-order valence-electron chi connectivity index (χ2n) is 5.06. The molecule has 2 heterocycles. The molecule has 2 rings (SSSR count). The molecule has 1 aromatic rings. The Balaban J connectivity index is 2.41. The third kappa shape index (κ3) is 2.87. The molecule has 0 bridgehead atoms. The highest BCUT2D eigenvalue weighted by Gasteiger charge is 2.27. The highest BCUT2D eigenvalue weighted by molar-refractivity contribution is 7.18. The minimum absolute atomic E-state index is 0.0230. The first-order chi connectivity index (χ1) is 9.56. The molecule has 20 heavy (non-hydrogen) atoms. The number of ether oxygens (including phenoxy) is 1. The smallest absolute Gasteiger partial charge is 0.348 e. The number of ketones is 1. The maximum absolute atomic E-state index is 12.0. The van der Waals surface area contributed by atoms with E-state index in [0.717, 1.165) is 36.5 Å². The van der Waals surface area contributed by atoms with E-state index in [1.54, 1.807) is 13.8 Å². The van der Waals surface area contributed by atoms with Crippen molar-refractivity contribution in [3.8, 4) is 0 Å². The molecule has 0 atom stereocenters. The van der Waals surface area contributed by atoms with Crippen molar-refractivity contribution in [1.82, 2.24) is 0 Å². The van der Waals surface area contributed by atoms with Gasteiger partial charge in [0.15, 0.2) is 5.78 Å². The summed E-state index contributed by atoms with van der Waals surface area (Å²) < 4.78 is 5.09. The van der Waals surface area contributed by atoms with E-state index in [4.69, 9.17) is 4.74 Å². The van der Waals surface area contributed by atoms with Crippen molar-refractivity contribution in [2.75, 3.05) is 24.6 Å². The van der Waals surface area contributed by atoms with Crippen LogP contribution in [0, 0.1) is 6.92 Å². The molecule has 0 radical (unpaired) electrons. The second kappa shape index (κ2) is 6.39. The van der Waals surface area contributed by atoms with Crippen molar-refractivity contribution in [2.24, 2.45) is 0 Å². The van der Waals surface area contributed by atoms with Crippen molar-refractivity contribution < 1.29 is 14.3 Å². The first kappa shape index (κ1) is 15.0. The lowest BCUT2D eigenvalue weighted by molar-refractivity contribution is 0.0531. The van der Waals surface area contributed by atoms with Gasteiger partial charge in [-0.05, 0) is 45.6 Å². The molecule has 110 valence electrons. The van der Waals surface area contributed by atoms with Gasteiger partial charge in [0.1, 0.15) is 9.88 Å². The zero-order valence-electron chi connectivity index (χ0n) is 12.3. The van der Waals surface area contributed by atoms with Crippen LogP contribution in [0.5, 0.6) is 0 Å². The molecule has 0 aromatic carbocycles. The normalized spacial score (nSPS) is 15.2. The molecular formula is C15H21NO3S. The number of Topliss-reactive ketones (excluding diaryl/α,β-unsaturated/α-hetero) is 1. The molecule has 0 saturated carbocycles. The molecule has 4 nitrogen and oxygen atoms in total. The van der Waals surface area contributed by atoms with Crippen LogP contribution in [0.4, 0.5) is 5.00 Å². The summed E-state index contributed by atoms with van der Waals surface area (Å²) in [7, 11) is 0. The maximum atomic E-state index is 12.0. The highest BCUT2D eigenvalue weighted by Crippen LogP contribution is 2.37. The van der Waals surface area contributed by atoms with Gasteiger partial charge >= 0.3 is 5.97 Å². The van der Waals surface area contributed by atoms with Crippen LogP contribution >= 0.6 is 11.3 Å². The summed E-state index contributed by atoms with van der Waals surface area (Å²) in [6.07, 6.45) is 3.52. The van der Waals surface area contributed by atoms with E-state index < -0.39 is 0 Å². The fourth-order valence-corrected chi connectivity index (χ4v) is 3.93.